The Bertz CT molecular complexity index is 839. The molecule has 2 aromatic rings. The lowest BCUT2D eigenvalue weighted by molar-refractivity contribution is -0.167. The van der Waals surface area contributed by atoms with Crippen LogP contribution in [-0.4, -0.2) is 46.8 Å². The van der Waals surface area contributed by atoms with Gasteiger partial charge in [-0.25, -0.2) is 0 Å². The Labute approximate surface area is 160 Å². The van der Waals surface area contributed by atoms with Gasteiger partial charge < -0.3 is 15.1 Å². The van der Waals surface area contributed by atoms with E-state index in [1.807, 2.05) is 72.5 Å². The number of likely N-dealkylation sites (N-methyl/N-ethyl adjacent to an activating group) is 1. The van der Waals surface area contributed by atoms with Crippen LogP contribution in [0.4, 0.5) is 0 Å². The first-order valence-electron chi connectivity index (χ1n) is 9.42. The first kappa shape index (κ1) is 17.7. The molecule has 2 saturated heterocycles. The molecule has 1 N–H and O–H groups in total. The molecular formula is C22H25N3O2. The van der Waals surface area contributed by atoms with Gasteiger partial charge in [0.25, 0.3) is 5.91 Å². The number of hydrogen-bond donors (Lipinski definition) is 1. The average Bonchev–Trinajstić information content (AvgIpc) is 2.89. The highest BCUT2D eigenvalue weighted by Gasteiger charge is 2.66. The van der Waals surface area contributed by atoms with Crippen LogP contribution in [-0.2, 0) is 22.7 Å². The average molecular weight is 363 g/mol. The van der Waals surface area contributed by atoms with E-state index in [1.54, 1.807) is 11.9 Å². The number of rotatable bonds is 5. The molecule has 2 aromatic carbocycles. The molecule has 3 atom stereocenters. The number of nitrogens with one attached hydrogen (secondary N) is 1. The molecule has 2 aliphatic rings. The van der Waals surface area contributed by atoms with E-state index in [4.69, 9.17) is 0 Å². The maximum atomic E-state index is 13.1. The number of likely N-dealkylation sites (tertiary alicyclic amines) is 2. The SMILES string of the molecule is CC1C(NCc2ccccc2)C(=O)N(C)C12CN(Cc1ccccc1)C2=O. The highest BCUT2D eigenvalue weighted by molar-refractivity contribution is 6.01. The summed E-state index contributed by atoms with van der Waals surface area (Å²) in [5.74, 6) is -0.0110. The van der Waals surface area contributed by atoms with Crippen LogP contribution in [0.3, 0.4) is 0 Å². The monoisotopic (exact) mass is 363 g/mol. The molecule has 2 heterocycles. The molecule has 0 aromatic heterocycles. The molecule has 1 spiro atoms. The van der Waals surface area contributed by atoms with Crippen molar-refractivity contribution in [2.45, 2.75) is 31.6 Å². The first-order valence-corrected chi connectivity index (χ1v) is 9.42. The summed E-state index contributed by atoms with van der Waals surface area (Å²) in [6, 6.07) is 19.7. The van der Waals surface area contributed by atoms with Crippen molar-refractivity contribution in [1.82, 2.24) is 15.1 Å². The van der Waals surface area contributed by atoms with E-state index in [2.05, 4.69) is 5.32 Å². The minimum absolute atomic E-state index is 0.00569. The van der Waals surface area contributed by atoms with Crippen LogP contribution < -0.4 is 5.32 Å². The van der Waals surface area contributed by atoms with E-state index in [1.165, 1.54) is 0 Å². The normalized spacial score (nSPS) is 27.3. The highest BCUT2D eigenvalue weighted by atomic mass is 16.2. The van der Waals surface area contributed by atoms with Crippen molar-refractivity contribution in [1.29, 1.82) is 0 Å². The summed E-state index contributed by atoms with van der Waals surface area (Å²) in [7, 11) is 1.76. The van der Waals surface area contributed by atoms with Gasteiger partial charge in [0.15, 0.2) is 0 Å². The minimum Gasteiger partial charge on any atom is -0.333 e. The molecule has 2 fully saturated rings. The zero-order chi connectivity index (χ0) is 19.0. The predicted molar refractivity (Wildman–Crippen MR) is 104 cm³/mol. The van der Waals surface area contributed by atoms with Gasteiger partial charge in [0.05, 0.1) is 12.6 Å². The second-order valence-electron chi connectivity index (χ2n) is 7.60. The molecule has 0 aliphatic carbocycles. The number of amides is 2. The Kier molecular flexibility index (Phi) is 4.48. The Morgan fingerprint density at radius 2 is 1.59 bits per heavy atom. The number of benzene rings is 2. The Balaban J connectivity index is 1.46. The molecule has 5 heteroatoms. The molecule has 0 radical (unpaired) electrons. The van der Waals surface area contributed by atoms with Gasteiger partial charge in [0.2, 0.25) is 5.91 Å². The lowest BCUT2D eigenvalue weighted by atomic mass is 9.76. The molecule has 2 aliphatic heterocycles. The van der Waals surface area contributed by atoms with E-state index in [0.717, 1.165) is 11.1 Å². The van der Waals surface area contributed by atoms with Crippen LogP contribution in [0.2, 0.25) is 0 Å². The zero-order valence-electron chi connectivity index (χ0n) is 15.8. The third kappa shape index (κ3) is 2.82. The smallest absolute Gasteiger partial charge is 0.251 e. The summed E-state index contributed by atoms with van der Waals surface area (Å²) in [5.41, 5.74) is 1.53. The van der Waals surface area contributed by atoms with Crippen molar-refractivity contribution in [2.75, 3.05) is 13.6 Å². The Morgan fingerprint density at radius 1 is 1.00 bits per heavy atom. The fourth-order valence-corrected chi connectivity index (χ4v) is 4.42. The summed E-state index contributed by atoms with van der Waals surface area (Å²) in [4.78, 5) is 29.4. The molecule has 140 valence electrons. The van der Waals surface area contributed by atoms with Crippen LogP contribution in [0.5, 0.6) is 0 Å². The van der Waals surface area contributed by atoms with E-state index in [-0.39, 0.29) is 23.8 Å². The lowest BCUT2D eigenvalue weighted by Gasteiger charge is -2.52. The third-order valence-corrected chi connectivity index (χ3v) is 6.12. The second kappa shape index (κ2) is 6.82. The van der Waals surface area contributed by atoms with Crippen LogP contribution in [0, 0.1) is 5.92 Å². The van der Waals surface area contributed by atoms with Crippen molar-refractivity contribution >= 4 is 11.8 Å². The fourth-order valence-electron chi connectivity index (χ4n) is 4.42. The van der Waals surface area contributed by atoms with Gasteiger partial charge in [0, 0.05) is 26.1 Å². The predicted octanol–water partition coefficient (Wildman–Crippen LogP) is 2.03. The number of β-lactam (4-membered cyclic amide) rings is 1. The molecule has 5 nitrogen and oxygen atoms in total. The van der Waals surface area contributed by atoms with Crippen molar-refractivity contribution in [3.05, 3.63) is 71.8 Å². The maximum absolute atomic E-state index is 13.1. The van der Waals surface area contributed by atoms with Gasteiger partial charge >= 0.3 is 0 Å². The van der Waals surface area contributed by atoms with E-state index in [0.29, 0.717) is 19.6 Å². The number of hydrogen-bond acceptors (Lipinski definition) is 3. The van der Waals surface area contributed by atoms with E-state index >= 15 is 0 Å². The molecule has 27 heavy (non-hydrogen) atoms. The number of nitrogens with zero attached hydrogens (tertiary/aromatic N) is 2. The number of carbonyl (C=O) groups is 2. The van der Waals surface area contributed by atoms with Crippen LogP contribution in [0.25, 0.3) is 0 Å². The molecule has 2 amide bonds. The lowest BCUT2D eigenvalue weighted by Crippen LogP contribution is -2.73. The van der Waals surface area contributed by atoms with Crippen molar-refractivity contribution in [3.63, 3.8) is 0 Å². The zero-order valence-corrected chi connectivity index (χ0v) is 15.8. The van der Waals surface area contributed by atoms with E-state index in [9.17, 15) is 9.59 Å². The van der Waals surface area contributed by atoms with Crippen molar-refractivity contribution in [3.8, 4) is 0 Å². The summed E-state index contributed by atoms with van der Waals surface area (Å²) in [5, 5.41) is 3.37. The summed E-state index contributed by atoms with van der Waals surface area (Å²) >= 11 is 0. The van der Waals surface area contributed by atoms with E-state index < -0.39 is 5.54 Å². The summed E-state index contributed by atoms with van der Waals surface area (Å²) in [6.45, 7) is 3.82. The standard InChI is InChI=1S/C22H25N3O2/c1-16-19(23-13-17-9-5-3-6-10-17)20(26)24(2)22(16)15-25(21(22)27)14-18-11-7-4-8-12-18/h3-12,16,19,23H,13-15H2,1-2H3. The van der Waals surface area contributed by atoms with Gasteiger partial charge in [-0.1, -0.05) is 67.6 Å². The summed E-state index contributed by atoms with van der Waals surface area (Å²) < 4.78 is 0. The van der Waals surface area contributed by atoms with Gasteiger partial charge in [-0.15, -0.1) is 0 Å². The molecule has 3 unspecified atom stereocenters. The van der Waals surface area contributed by atoms with Crippen LogP contribution >= 0.6 is 0 Å². The van der Waals surface area contributed by atoms with Crippen molar-refractivity contribution in [2.24, 2.45) is 5.92 Å². The molecule has 0 saturated carbocycles. The van der Waals surface area contributed by atoms with Gasteiger partial charge in [-0.2, -0.15) is 0 Å². The minimum atomic E-state index is -0.708. The first-order chi connectivity index (χ1) is 13.0. The topological polar surface area (TPSA) is 52.7 Å². The fraction of sp³-hybridized carbons (Fsp3) is 0.364. The highest BCUT2D eigenvalue weighted by Crippen LogP contribution is 2.43. The second-order valence-corrected chi connectivity index (χ2v) is 7.60. The van der Waals surface area contributed by atoms with Crippen LogP contribution in [0.15, 0.2) is 60.7 Å². The van der Waals surface area contributed by atoms with Gasteiger partial charge in [-0.3, -0.25) is 9.59 Å². The molecular weight excluding hydrogens is 338 g/mol. The number of carbonyl (C=O) groups excluding carboxylic acids is 2. The van der Waals surface area contributed by atoms with Crippen molar-refractivity contribution < 1.29 is 9.59 Å². The quantitative estimate of drug-likeness (QED) is 0.827. The third-order valence-electron chi connectivity index (χ3n) is 6.12. The Morgan fingerprint density at radius 3 is 2.19 bits per heavy atom. The molecule has 4 rings (SSSR count). The van der Waals surface area contributed by atoms with Gasteiger partial charge in [0.1, 0.15) is 5.54 Å². The maximum Gasteiger partial charge on any atom is 0.251 e. The largest absolute Gasteiger partial charge is 0.333 e. The molecule has 0 bridgehead atoms. The van der Waals surface area contributed by atoms with Crippen LogP contribution in [0.1, 0.15) is 18.1 Å². The Hall–Kier alpha value is -2.66. The van der Waals surface area contributed by atoms with Gasteiger partial charge in [-0.05, 0) is 11.1 Å². The summed E-state index contributed by atoms with van der Waals surface area (Å²) in [6.07, 6.45) is 0.